The third kappa shape index (κ3) is 2.81. The van der Waals surface area contributed by atoms with Gasteiger partial charge in [0.25, 0.3) is 5.91 Å². The zero-order valence-electron chi connectivity index (χ0n) is 16.4. The number of nitrogens with zero attached hydrogens (tertiary/aromatic N) is 2. The first kappa shape index (κ1) is 17.9. The molecule has 2 aromatic carbocycles. The number of pyridine rings is 1. The number of hydrogen-bond acceptors (Lipinski definition) is 4. The van der Waals surface area contributed by atoms with Crippen molar-refractivity contribution in [2.75, 3.05) is 10.6 Å². The van der Waals surface area contributed by atoms with Crippen LogP contribution < -0.4 is 10.6 Å². The molecule has 1 aliphatic heterocycles. The number of carbonyl (C=O) groups is 1. The summed E-state index contributed by atoms with van der Waals surface area (Å²) in [5, 5.41) is 0.889. The summed E-state index contributed by atoms with van der Waals surface area (Å²) in [6.07, 6.45) is 1.80. The van der Waals surface area contributed by atoms with E-state index in [4.69, 9.17) is 5.73 Å². The van der Waals surface area contributed by atoms with Crippen LogP contribution in [-0.2, 0) is 12.8 Å². The van der Waals surface area contributed by atoms with Crippen molar-refractivity contribution < 1.29 is 4.79 Å². The maximum atomic E-state index is 13.9. The highest BCUT2D eigenvalue weighted by atomic mass is 32.1. The van der Waals surface area contributed by atoms with Crippen LogP contribution in [0.4, 0.5) is 17.1 Å². The van der Waals surface area contributed by atoms with Crippen LogP contribution in [0.2, 0.25) is 0 Å². The minimum absolute atomic E-state index is 0.0932. The van der Waals surface area contributed by atoms with E-state index in [1.807, 2.05) is 61.2 Å². The second kappa shape index (κ2) is 6.71. The van der Waals surface area contributed by atoms with Gasteiger partial charge >= 0.3 is 0 Å². The van der Waals surface area contributed by atoms with Crippen LogP contribution in [0.25, 0.3) is 10.2 Å². The lowest BCUT2D eigenvalue weighted by Crippen LogP contribution is -2.26. The van der Waals surface area contributed by atoms with Crippen LogP contribution in [0.3, 0.4) is 0 Å². The fourth-order valence-electron chi connectivity index (χ4n) is 4.23. The molecule has 1 aliphatic rings. The number of fused-ring (bicyclic) bond motifs is 3. The van der Waals surface area contributed by atoms with Crippen molar-refractivity contribution in [3.8, 4) is 0 Å². The summed E-state index contributed by atoms with van der Waals surface area (Å²) in [6.45, 7) is 3.98. The Balaban J connectivity index is 1.74. The number of thiophene rings is 1. The maximum Gasteiger partial charge on any atom is 0.275 e. The molecular weight excluding hydrogens is 378 g/mol. The number of rotatable bonds is 1. The van der Waals surface area contributed by atoms with Gasteiger partial charge in [-0.3, -0.25) is 9.69 Å². The van der Waals surface area contributed by atoms with Crippen molar-refractivity contribution in [3.63, 3.8) is 0 Å². The number of nitrogen functional groups attached to an aromatic ring is 1. The van der Waals surface area contributed by atoms with E-state index in [2.05, 4.69) is 17.1 Å². The number of anilines is 3. The van der Waals surface area contributed by atoms with E-state index < -0.39 is 0 Å². The van der Waals surface area contributed by atoms with Crippen LogP contribution in [0, 0.1) is 13.8 Å². The number of aromatic nitrogens is 1. The quantitative estimate of drug-likeness (QED) is 0.455. The van der Waals surface area contributed by atoms with Crippen LogP contribution in [0.5, 0.6) is 0 Å². The summed E-state index contributed by atoms with van der Waals surface area (Å²) in [5.41, 5.74) is 13.2. The summed E-state index contributed by atoms with van der Waals surface area (Å²) < 4.78 is 0. The highest BCUT2D eigenvalue weighted by molar-refractivity contribution is 7.21. The van der Waals surface area contributed by atoms with E-state index in [1.165, 1.54) is 22.5 Å². The first-order valence-corrected chi connectivity index (χ1v) is 10.5. The Hall–Kier alpha value is -3.18. The molecular formula is C24H21N3OS. The van der Waals surface area contributed by atoms with E-state index in [9.17, 15) is 4.79 Å². The molecule has 0 atom stereocenters. The molecule has 0 saturated heterocycles. The van der Waals surface area contributed by atoms with Crippen LogP contribution >= 0.6 is 11.3 Å². The molecule has 29 heavy (non-hydrogen) atoms. The second-order valence-corrected chi connectivity index (χ2v) is 8.50. The van der Waals surface area contributed by atoms with Gasteiger partial charge in [-0.1, -0.05) is 36.4 Å². The Kier molecular flexibility index (Phi) is 4.14. The van der Waals surface area contributed by atoms with E-state index in [0.29, 0.717) is 10.6 Å². The lowest BCUT2D eigenvalue weighted by Gasteiger charge is -2.24. The van der Waals surface area contributed by atoms with Gasteiger partial charge in [-0.15, -0.1) is 11.3 Å². The summed E-state index contributed by atoms with van der Waals surface area (Å²) in [4.78, 5) is 21.7. The number of aryl methyl sites for hydroxylation is 4. The zero-order chi connectivity index (χ0) is 20.1. The zero-order valence-corrected chi connectivity index (χ0v) is 17.2. The summed E-state index contributed by atoms with van der Waals surface area (Å²) >= 11 is 1.38. The minimum atomic E-state index is -0.0932. The minimum Gasteiger partial charge on any atom is -0.397 e. The number of para-hydroxylation sites is 2. The molecule has 3 heterocycles. The molecule has 4 nitrogen and oxygen atoms in total. The molecule has 0 spiro atoms. The van der Waals surface area contributed by atoms with Gasteiger partial charge in [0.1, 0.15) is 9.71 Å². The largest absolute Gasteiger partial charge is 0.397 e. The number of nitrogens with two attached hydrogens (primary N) is 1. The molecule has 4 aromatic rings. The third-order valence-electron chi connectivity index (χ3n) is 5.55. The molecule has 5 heteroatoms. The van der Waals surface area contributed by atoms with Crippen LogP contribution in [-0.4, -0.2) is 10.9 Å². The van der Waals surface area contributed by atoms with Crippen molar-refractivity contribution in [2.45, 2.75) is 26.7 Å². The molecule has 0 unspecified atom stereocenters. The molecule has 144 valence electrons. The SMILES string of the molecule is Cc1cc(C)c2c(N)c(C(=O)N3c4ccccc4CCc4ccccc43)sc2n1. The number of carbonyl (C=O) groups excluding carboxylic acids is 1. The van der Waals surface area contributed by atoms with Crippen LogP contribution in [0.1, 0.15) is 32.1 Å². The Bertz CT molecular complexity index is 1230. The third-order valence-corrected chi connectivity index (χ3v) is 6.64. The average Bonchev–Trinajstić information content (AvgIpc) is 2.94. The fourth-order valence-corrected chi connectivity index (χ4v) is 5.37. The normalized spacial score (nSPS) is 13.1. The maximum absolute atomic E-state index is 13.9. The van der Waals surface area contributed by atoms with Gasteiger partial charge in [0, 0.05) is 11.1 Å². The number of hydrogen-bond donors (Lipinski definition) is 1. The summed E-state index contributed by atoms with van der Waals surface area (Å²) in [7, 11) is 0. The number of benzene rings is 2. The lowest BCUT2D eigenvalue weighted by atomic mass is 10.0. The molecule has 0 fully saturated rings. The average molecular weight is 400 g/mol. The van der Waals surface area contributed by atoms with Gasteiger partial charge in [0.2, 0.25) is 0 Å². The van der Waals surface area contributed by atoms with Gasteiger partial charge in [-0.05, 0) is 61.6 Å². The van der Waals surface area contributed by atoms with Gasteiger partial charge < -0.3 is 5.73 Å². The lowest BCUT2D eigenvalue weighted by molar-refractivity contribution is 0.100. The molecule has 2 N–H and O–H groups in total. The molecule has 0 radical (unpaired) electrons. The number of amides is 1. The van der Waals surface area contributed by atoms with E-state index >= 15 is 0 Å². The van der Waals surface area contributed by atoms with E-state index in [1.54, 1.807) is 0 Å². The van der Waals surface area contributed by atoms with Crippen LogP contribution in [0.15, 0.2) is 54.6 Å². The molecule has 1 amide bonds. The Morgan fingerprint density at radius 1 is 1.00 bits per heavy atom. The molecule has 0 saturated carbocycles. The van der Waals surface area contributed by atoms with Crippen molar-refractivity contribution in [2.24, 2.45) is 0 Å². The Labute approximate surface area is 173 Å². The van der Waals surface area contributed by atoms with Gasteiger partial charge in [-0.25, -0.2) is 4.98 Å². The van der Waals surface area contributed by atoms with E-state index in [-0.39, 0.29) is 5.91 Å². The molecule has 0 bridgehead atoms. The summed E-state index contributed by atoms with van der Waals surface area (Å²) in [6, 6.07) is 18.3. The van der Waals surface area contributed by atoms with Gasteiger partial charge in [0.05, 0.1) is 17.1 Å². The smallest absolute Gasteiger partial charge is 0.275 e. The van der Waals surface area contributed by atoms with Gasteiger partial charge in [0.15, 0.2) is 0 Å². The van der Waals surface area contributed by atoms with Gasteiger partial charge in [-0.2, -0.15) is 0 Å². The Morgan fingerprint density at radius 3 is 2.21 bits per heavy atom. The van der Waals surface area contributed by atoms with Crippen molar-refractivity contribution in [3.05, 3.63) is 81.9 Å². The predicted molar refractivity (Wildman–Crippen MR) is 120 cm³/mol. The monoisotopic (exact) mass is 399 g/mol. The van der Waals surface area contributed by atoms with Crippen molar-refractivity contribution >= 4 is 44.5 Å². The molecule has 5 rings (SSSR count). The highest BCUT2D eigenvalue weighted by Crippen LogP contribution is 2.41. The first-order chi connectivity index (χ1) is 14.0. The highest BCUT2D eigenvalue weighted by Gasteiger charge is 2.30. The predicted octanol–water partition coefficient (Wildman–Crippen LogP) is 5.57. The van der Waals surface area contributed by atoms with E-state index in [0.717, 1.165) is 45.7 Å². The fraction of sp³-hybridized carbons (Fsp3) is 0.167. The topological polar surface area (TPSA) is 59.2 Å². The van der Waals surface area contributed by atoms with Crippen molar-refractivity contribution in [1.82, 2.24) is 4.98 Å². The summed E-state index contributed by atoms with van der Waals surface area (Å²) in [5.74, 6) is -0.0932. The second-order valence-electron chi connectivity index (χ2n) is 7.50. The molecule has 2 aromatic heterocycles. The van der Waals surface area contributed by atoms with Crippen molar-refractivity contribution in [1.29, 1.82) is 0 Å². The molecule has 0 aliphatic carbocycles. The first-order valence-electron chi connectivity index (χ1n) is 9.71. The standard InChI is InChI=1S/C24H21N3OS/c1-14-13-15(2)26-23-20(14)21(25)22(29-23)24(28)27-18-9-5-3-7-16(18)11-12-17-8-4-6-10-19(17)27/h3-10,13H,11-12,25H2,1-2H3. The Morgan fingerprint density at radius 2 is 1.59 bits per heavy atom.